The van der Waals surface area contributed by atoms with E-state index in [1.165, 1.54) is 0 Å². The maximum Gasteiger partial charge on any atom is 0.0571 e. The summed E-state index contributed by atoms with van der Waals surface area (Å²) in [6, 6.07) is 0. The van der Waals surface area contributed by atoms with Crippen LogP contribution in [0.5, 0.6) is 0 Å². The van der Waals surface area contributed by atoms with Gasteiger partial charge in [0.15, 0.2) is 0 Å². The Morgan fingerprint density at radius 1 is 1.44 bits per heavy atom. The SMILES string of the molecule is CC1(Br)C=CC=CC1Br. The zero-order chi connectivity index (χ0) is 6.91. The summed E-state index contributed by atoms with van der Waals surface area (Å²) in [7, 11) is 0. The molecule has 0 spiro atoms. The number of rotatable bonds is 0. The first-order valence-electron chi connectivity index (χ1n) is 2.82. The zero-order valence-corrected chi connectivity index (χ0v) is 8.31. The van der Waals surface area contributed by atoms with Gasteiger partial charge in [0.1, 0.15) is 0 Å². The third-order valence-electron chi connectivity index (χ3n) is 1.35. The molecule has 1 rings (SSSR count). The van der Waals surface area contributed by atoms with Gasteiger partial charge >= 0.3 is 0 Å². The van der Waals surface area contributed by atoms with Crippen LogP contribution in [0.2, 0.25) is 0 Å². The van der Waals surface area contributed by atoms with Crippen molar-refractivity contribution in [3.05, 3.63) is 24.3 Å². The van der Waals surface area contributed by atoms with Gasteiger partial charge < -0.3 is 0 Å². The molecule has 0 saturated carbocycles. The average molecular weight is 252 g/mol. The van der Waals surface area contributed by atoms with Crippen molar-refractivity contribution in [2.45, 2.75) is 16.1 Å². The molecule has 0 aromatic heterocycles. The summed E-state index contributed by atoms with van der Waals surface area (Å²) < 4.78 is 0.0990. The van der Waals surface area contributed by atoms with Gasteiger partial charge in [0.2, 0.25) is 0 Å². The first-order valence-corrected chi connectivity index (χ1v) is 4.53. The molecule has 1 aliphatic carbocycles. The Morgan fingerprint density at radius 3 is 2.44 bits per heavy atom. The monoisotopic (exact) mass is 250 g/mol. The second-order valence-corrected chi connectivity index (χ2v) is 4.99. The van der Waals surface area contributed by atoms with Crippen molar-refractivity contribution in [3.8, 4) is 0 Å². The highest BCUT2D eigenvalue weighted by molar-refractivity contribution is 9.12. The number of halogens is 2. The predicted molar refractivity (Wildman–Crippen MR) is 48.3 cm³/mol. The normalized spacial score (nSPS) is 41.4. The van der Waals surface area contributed by atoms with Gasteiger partial charge in [0.25, 0.3) is 0 Å². The topological polar surface area (TPSA) is 0 Å². The van der Waals surface area contributed by atoms with Crippen molar-refractivity contribution in [3.63, 3.8) is 0 Å². The summed E-state index contributed by atoms with van der Waals surface area (Å²) in [5, 5.41) is 0. The summed E-state index contributed by atoms with van der Waals surface area (Å²) in [4.78, 5) is 0.412. The highest BCUT2D eigenvalue weighted by atomic mass is 79.9. The quantitative estimate of drug-likeness (QED) is 0.581. The molecule has 0 aliphatic heterocycles. The highest BCUT2D eigenvalue weighted by Gasteiger charge is 2.25. The first-order chi connectivity index (χ1) is 4.13. The molecule has 0 heterocycles. The van der Waals surface area contributed by atoms with Crippen LogP contribution in [0, 0.1) is 0 Å². The van der Waals surface area contributed by atoms with Crippen LogP contribution in [-0.2, 0) is 0 Å². The molecule has 2 heteroatoms. The van der Waals surface area contributed by atoms with Gasteiger partial charge in [-0.05, 0) is 6.92 Å². The van der Waals surface area contributed by atoms with Crippen molar-refractivity contribution in [1.82, 2.24) is 0 Å². The predicted octanol–water partition coefficient (Wildman–Crippen LogP) is 3.03. The zero-order valence-electron chi connectivity index (χ0n) is 5.14. The minimum atomic E-state index is 0.0990. The molecule has 0 N–H and O–H groups in total. The summed E-state index contributed by atoms with van der Waals surface area (Å²) in [6.45, 7) is 2.13. The van der Waals surface area contributed by atoms with E-state index >= 15 is 0 Å². The van der Waals surface area contributed by atoms with Crippen LogP contribution >= 0.6 is 31.9 Å². The number of hydrogen-bond acceptors (Lipinski definition) is 0. The molecule has 2 atom stereocenters. The van der Waals surface area contributed by atoms with Crippen LogP contribution in [0.4, 0.5) is 0 Å². The smallest absolute Gasteiger partial charge is 0.0571 e. The molecule has 1 aliphatic rings. The lowest BCUT2D eigenvalue weighted by molar-refractivity contribution is 0.842. The van der Waals surface area contributed by atoms with Crippen molar-refractivity contribution >= 4 is 31.9 Å². The van der Waals surface area contributed by atoms with E-state index in [1.807, 2.05) is 12.2 Å². The number of allylic oxidation sites excluding steroid dienone is 4. The van der Waals surface area contributed by atoms with E-state index in [9.17, 15) is 0 Å². The molecular weight excluding hydrogens is 244 g/mol. The summed E-state index contributed by atoms with van der Waals surface area (Å²) >= 11 is 7.10. The molecule has 2 unspecified atom stereocenters. The third kappa shape index (κ3) is 1.68. The summed E-state index contributed by atoms with van der Waals surface area (Å²) in [5.41, 5.74) is 0. The molecule has 0 radical (unpaired) electrons. The van der Waals surface area contributed by atoms with E-state index in [1.54, 1.807) is 0 Å². The second-order valence-electron chi connectivity index (χ2n) is 2.30. The van der Waals surface area contributed by atoms with Crippen molar-refractivity contribution < 1.29 is 0 Å². The minimum absolute atomic E-state index is 0.0990. The first kappa shape index (κ1) is 7.55. The van der Waals surface area contributed by atoms with Crippen LogP contribution in [0.1, 0.15) is 6.92 Å². The van der Waals surface area contributed by atoms with Gasteiger partial charge in [-0.1, -0.05) is 56.2 Å². The van der Waals surface area contributed by atoms with Gasteiger partial charge in [0.05, 0.1) is 9.15 Å². The third-order valence-corrected chi connectivity index (χ3v) is 3.98. The Kier molecular flexibility index (Phi) is 2.17. The lowest BCUT2D eigenvalue weighted by Gasteiger charge is -2.23. The molecule has 9 heavy (non-hydrogen) atoms. The average Bonchev–Trinajstić information content (AvgIpc) is 1.77. The highest BCUT2D eigenvalue weighted by Crippen LogP contribution is 2.32. The standard InChI is InChI=1S/C7H8Br2/c1-7(9)5-3-2-4-6(7)8/h2-6H,1H3. The van der Waals surface area contributed by atoms with E-state index in [4.69, 9.17) is 0 Å². The largest absolute Gasteiger partial charge is 0.0827 e. The van der Waals surface area contributed by atoms with E-state index in [-0.39, 0.29) is 4.32 Å². The second kappa shape index (κ2) is 2.59. The fourth-order valence-corrected chi connectivity index (χ4v) is 1.32. The van der Waals surface area contributed by atoms with Crippen LogP contribution in [0.15, 0.2) is 24.3 Å². The molecular formula is C7H8Br2. The summed E-state index contributed by atoms with van der Waals surface area (Å²) in [5.74, 6) is 0. The lowest BCUT2D eigenvalue weighted by atomic mass is 10.0. The summed E-state index contributed by atoms with van der Waals surface area (Å²) in [6.07, 6.45) is 8.34. The van der Waals surface area contributed by atoms with Gasteiger partial charge in [-0.15, -0.1) is 0 Å². The van der Waals surface area contributed by atoms with Gasteiger partial charge in [-0.25, -0.2) is 0 Å². The van der Waals surface area contributed by atoms with Crippen molar-refractivity contribution in [1.29, 1.82) is 0 Å². The molecule has 0 amide bonds. The Bertz CT molecular complexity index is 156. The van der Waals surface area contributed by atoms with E-state index in [0.29, 0.717) is 4.83 Å². The molecule has 50 valence electrons. The maximum atomic E-state index is 3.57. The Morgan fingerprint density at radius 2 is 2.11 bits per heavy atom. The van der Waals surface area contributed by atoms with E-state index in [0.717, 1.165) is 0 Å². The fraction of sp³-hybridized carbons (Fsp3) is 0.429. The van der Waals surface area contributed by atoms with Crippen molar-refractivity contribution in [2.75, 3.05) is 0 Å². The van der Waals surface area contributed by atoms with Crippen LogP contribution in [-0.4, -0.2) is 9.15 Å². The van der Waals surface area contributed by atoms with Gasteiger partial charge in [-0.2, -0.15) is 0 Å². The fourth-order valence-electron chi connectivity index (χ4n) is 0.685. The van der Waals surface area contributed by atoms with Gasteiger partial charge in [0, 0.05) is 0 Å². The molecule has 0 bridgehead atoms. The van der Waals surface area contributed by atoms with Crippen LogP contribution in [0.3, 0.4) is 0 Å². The van der Waals surface area contributed by atoms with Gasteiger partial charge in [-0.3, -0.25) is 0 Å². The van der Waals surface area contributed by atoms with E-state index < -0.39 is 0 Å². The molecule has 0 nitrogen and oxygen atoms in total. The Labute approximate surface area is 72.3 Å². The molecule has 0 aromatic rings. The maximum absolute atomic E-state index is 3.57. The van der Waals surface area contributed by atoms with Crippen molar-refractivity contribution in [2.24, 2.45) is 0 Å². The van der Waals surface area contributed by atoms with Crippen LogP contribution < -0.4 is 0 Å². The number of hydrogen-bond donors (Lipinski definition) is 0. The lowest BCUT2D eigenvalue weighted by Crippen LogP contribution is -2.25. The molecule has 0 fully saturated rings. The molecule has 0 saturated heterocycles. The van der Waals surface area contributed by atoms with Crippen LogP contribution in [0.25, 0.3) is 0 Å². The number of alkyl halides is 2. The minimum Gasteiger partial charge on any atom is -0.0827 e. The Balaban J connectivity index is 2.78. The van der Waals surface area contributed by atoms with E-state index in [2.05, 4.69) is 50.9 Å². The molecule has 0 aromatic carbocycles. The Hall–Kier alpha value is 0.440.